The fourth-order valence-electron chi connectivity index (χ4n) is 4.33. The summed E-state index contributed by atoms with van der Waals surface area (Å²) >= 11 is 1.15. The number of rotatable bonds is 4. The van der Waals surface area contributed by atoms with Crippen LogP contribution in [0.2, 0.25) is 0 Å². The standard InChI is InChI=1S/C21H16F3N7S/c1-20(15-5-21(15,8-22)32-19(26)31-20)12-3-11(4-13(23)16(12)24)30-18-17-14(28-9-29-18)2-10(6-25)7-27-17/h2-4,7,9,15H,5,8H2,1H3,(H2,26,31)(H,28,29,30)/t15?,20-,21-/m1/s1. The van der Waals surface area contributed by atoms with Gasteiger partial charge < -0.3 is 11.1 Å². The highest BCUT2D eigenvalue weighted by Crippen LogP contribution is 2.66. The van der Waals surface area contributed by atoms with Crippen LogP contribution >= 0.6 is 11.8 Å². The van der Waals surface area contributed by atoms with Gasteiger partial charge in [-0.15, -0.1) is 0 Å². The van der Waals surface area contributed by atoms with Gasteiger partial charge >= 0.3 is 0 Å². The van der Waals surface area contributed by atoms with E-state index in [1.807, 2.05) is 6.07 Å². The Morgan fingerprint density at radius 2 is 2.09 bits per heavy atom. The van der Waals surface area contributed by atoms with Gasteiger partial charge in [0.15, 0.2) is 22.6 Å². The number of nitrogens with two attached hydrogens (primary N) is 1. The molecule has 2 aromatic heterocycles. The summed E-state index contributed by atoms with van der Waals surface area (Å²) in [5.41, 5.74) is 6.03. The number of benzene rings is 1. The molecule has 1 fully saturated rings. The molecule has 1 aliphatic heterocycles. The highest BCUT2D eigenvalue weighted by Gasteiger charge is 2.66. The Morgan fingerprint density at radius 1 is 1.28 bits per heavy atom. The first-order valence-electron chi connectivity index (χ1n) is 9.67. The molecule has 3 atom stereocenters. The average molecular weight is 455 g/mol. The molecule has 32 heavy (non-hydrogen) atoms. The third-order valence-corrected chi connectivity index (χ3v) is 7.29. The van der Waals surface area contributed by atoms with Crippen LogP contribution in [-0.4, -0.2) is 31.5 Å². The average Bonchev–Trinajstić information content (AvgIpc) is 3.51. The van der Waals surface area contributed by atoms with Crippen molar-refractivity contribution in [2.45, 2.75) is 23.6 Å². The summed E-state index contributed by atoms with van der Waals surface area (Å²) in [6.45, 7) is 1.02. The van der Waals surface area contributed by atoms with Crippen LogP contribution in [0, 0.1) is 28.9 Å². The Morgan fingerprint density at radius 3 is 2.84 bits per heavy atom. The second kappa shape index (κ2) is 7.06. The van der Waals surface area contributed by atoms with Crippen molar-refractivity contribution in [3.05, 3.63) is 53.5 Å². The third-order valence-electron chi connectivity index (χ3n) is 6.02. The molecule has 0 saturated heterocycles. The number of aliphatic imine (C=N–C) groups is 1. The summed E-state index contributed by atoms with van der Waals surface area (Å²) in [5, 5.41) is 12.1. The number of fused-ring (bicyclic) bond motifs is 2. The summed E-state index contributed by atoms with van der Waals surface area (Å²) in [7, 11) is 0. The lowest BCUT2D eigenvalue weighted by Crippen LogP contribution is -2.37. The van der Waals surface area contributed by atoms with Gasteiger partial charge in [-0.05, 0) is 25.5 Å². The third kappa shape index (κ3) is 3.05. The number of aromatic nitrogens is 3. The van der Waals surface area contributed by atoms with Gasteiger partial charge in [-0.2, -0.15) is 5.26 Å². The number of nitrogens with zero attached hydrogens (tertiary/aromatic N) is 5. The fraction of sp³-hybridized carbons (Fsp3) is 0.286. The Labute approximate surface area is 185 Å². The molecule has 0 spiro atoms. The van der Waals surface area contributed by atoms with Gasteiger partial charge in [-0.3, -0.25) is 4.99 Å². The first-order valence-corrected chi connectivity index (χ1v) is 10.5. The van der Waals surface area contributed by atoms with Gasteiger partial charge in [0.2, 0.25) is 0 Å². The number of nitriles is 1. The van der Waals surface area contributed by atoms with E-state index in [0.717, 1.165) is 17.8 Å². The van der Waals surface area contributed by atoms with Crippen molar-refractivity contribution in [1.82, 2.24) is 15.0 Å². The van der Waals surface area contributed by atoms with E-state index < -0.39 is 28.6 Å². The van der Waals surface area contributed by atoms with Gasteiger partial charge in [0.05, 0.1) is 21.4 Å². The quantitative estimate of drug-likeness (QED) is 0.613. The maximum Gasteiger partial charge on any atom is 0.164 e. The van der Waals surface area contributed by atoms with E-state index in [1.54, 1.807) is 13.0 Å². The zero-order chi connectivity index (χ0) is 22.7. The predicted molar refractivity (Wildman–Crippen MR) is 115 cm³/mol. The first-order chi connectivity index (χ1) is 15.3. The van der Waals surface area contributed by atoms with E-state index in [4.69, 9.17) is 11.0 Å². The summed E-state index contributed by atoms with van der Waals surface area (Å²) < 4.78 is 42.6. The van der Waals surface area contributed by atoms with Crippen molar-refractivity contribution in [3.8, 4) is 6.07 Å². The number of thioether (sulfide) groups is 1. The molecule has 0 radical (unpaired) electrons. The molecule has 2 aliphatic rings. The minimum absolute atomic E-state index is 0.0123. The van der Waals surface area contributed by atoms with Crippen LogP contribution in [0.3, 0.4) is 0 Å². The molecule has 7 nitrogen and oxygen atoms in total. The van der Waals surface area contributed by atoms with Crippen molar-refractivity contribution in [1.29, 1.82) is 5.26 Å². The summed E-state index contributed by atoms with van der Waals surface area (Å²) in [6.07, 6.45) is 3.11. The molecule has 1 aromatic carbocycles. The van der Waals surface area contributed by atoms with Gasteiger partial charge in [0, 0.05) is 29.4 Å². The van der Waals surface area contributed by atoms with Crippen LogP contribution in [0.4, 0.5) is 24.7 Å². The van der Waals surface area contributed by atoms with Gasteiger partial charge in [-0.25, -0.2) is 28.1 Å². The maximum atomic E-state index is 15.0. The number of halogens is 3. The van der Waals surface area contributed by atoms with Crippen LogP contribution in [0.15, 0.2) is 35.7 Å². The van der Waals surface area contributed by atoms with E-state index in [2.05, 4.69) is 25.3 Å². The Balaban J connectivity index is 1.58. The Bertz CT molecular complexity index is 1340. The smallest absolute Gasteiger partial charge is 0.164 e. The normalized spacial score (nSPS) is 26.2. The van der Waals surface area contributed by atoms with Gasteiger partial charge in [0.1, 0.15) is 24.6 Å². The summed E-state index contributed by atoms with van der Waals surface area (Å²) in [6, 6.07) is 5.97. The first kappa shape index (κ1) is 20.5. The highest BCUT2D eigenvalue weighted by molar-refractivity contribution is 8.15. The topological polar surface area (TPSA) is 113 Å². The lowest BCUT2D eigenvalue weighted by Gasteiger charge is -2.33. The monoisotopic (exact) mass is 455 g/mol. The van der Waals surface area contributed by atoms with E-state index in [0.29, 0.717) is 23.0 Å². The largest absolute Gasteiger partial charge is 0.378 e. The van der Waals surface area contributed by atoms with Crippen molar-refractivity contribution >= 4 is 39.5 Å². The number of hydrogen-bond donors (Lipinski definition) is 2. The molecule has 3 heterocycles. The van der Waals surface area contributed by atoms with Crippen molar-refractivity contribution in [3.63, 3.8) is 0 Å². The van der Waals surface area contributed by atoms with Crippen molar-refractivity contribution in [2.75, 3.05) is 12.0 Å². The van der Waals surface area contributed by atoms with E-state index in [9.17, 15) is 13.2 Å². The van der Waals surface area contributed by atoms with Crippen LogP contribution in [0.5, 0.6) is 0 Å². The number of hydrogen-bond acceptors (Lipinski definition) is 8. The molecular formula is C21H16F3N7S. The highest BCUT2D eigenvalue weighted by atomic mass is 32.2. The Kier molecular flexibility index (Phi) is 4.53. The van der Waals surface area contributed by atoms with E-state index in [-0.39, 0.29) is 28.2 Å². The van der Waals surface area contributed by atoms with Crippen LogP contribution in [-0.2, 0) is 5.54 Å². The number of pyridine rings is 1. The molecule has 1 aliphatic carbocycles. The second-order valence-electron chi connectivity index (χ2n) is 8.03. The van der Waals surface area contributed by atoms with Crippen molar-refractivity contribution < 1.29 is 13.2 Å². The minimum Gasteiger partial charge on any atom is -0.378 e. The Hall–Kier alpha value is -3.39. The molecular weight excluding hydrogens is 439 g/mol. The zero-order valence-corrected chi connectivity index (χ0v) is 17.6. The molecule has 162 valence electrons. The predicted octanol–water partition coefficient (Wildman–Crippen LogP) is 3.92. The van der Waals surface area contributed by atoms with Crippen LogP contribution in [0.25, 0.3) is 11.0 Å². The van der Waals surface area contributed by atoms with Gasteiger partial charge in [0.25, 0.3) is 0 Å². The molecule has 0 bridgehead atoms. The number of nitrogens with one attached hydrogen (secondary N) is 1. The van der Waals surface area contributed by atoms with Gasteiger partial charge in [-0.1, -0.05) is 11.8 Å². The summed E-state index contributed by atoms with van der Waals surface area (Å²) in [4.78, 5) is 16.9. The van der Waals surface area contributed by atoms with E-state index in [1.165, 1.54) is 18.6 Å². The van der Waals surface area contributed by atoms with E-state index >= 15 is 0 Å². The number of anilines is 2. The fourth-order valence-corrected chi connectivity index (χ4v) is 5.66. The molecule has 11 heteroatoms. The molecule has 1 unspecified atom stereocenters. The maximum absolute atomic E-state index is 15.0. The molecule has 0 amide bonds. The lowest BCUT2D eigenvalue weighted by atomic mass is 9.85. The SMILES string of the molecule is C[C@]1(c2cc(Nc3ncnc4cc(C#N)cnc34)cc(F)c2F)N=C(N)S[C@@]2(CF)CC21. The van der Waals surface area contributed by atoms with Crippen LogP contribution < -0.4 is 11.1 Å². The lowest BCUT2D eigenvalue weighted by molar-refractivity contribution is 0.357. The second-order valence-corrected chi connectivity index (χ2v) is 9.46. The van der Waals surface area contributed by atoms with Crippen molar-refractivity contribution in [2.24, 2.45) is 16.6 Å². The zero-order valence-electron chi connectivity index (χ0n) is 16.7. The van der Waals surface area contributed by atoms with Crippen LogP contribution in [0.1, 0.15) is 24.5 Å². The summed E-state index contributed by atoms with van der Waals surface area (Å²) in [5.74, 6) is -2.19. The molecule has 5 rings (SSSR count). The molecule has 3 N–H and O–H groups in total. The molecule has 1 saturated carbocycles. The molecule has 3 aromatic rings. The minimum atomic E-state index is -1.21. The number of alkyl halides is 1. The number of amidine groups is 1.